The van der Waals surface area contributed by atoms with Crippen molar-refractivity contribution in [3.05, 3.63) is 0 Å². The second kappa shape index (κ2) is 5.80. The highest BCUT2D eigenvalue weighted by atomic mass is 16.6. The minimum absolute atomic E-state index is 0.0952. The largest absolute Gasteiger partial charge is 0.391 e. The Kier molecular flexibility index (Phi) is 4.99. The molecule has 0 aromatic rings. The summed E-state index contributed by atoms with van der Waals surface area (Å²) in [6.07, 6.45) is 0.474. The standard InChI is InChI=1S/C11H23NO3/c1-4-9(13)6-14-7-10-5-12-8-11(2,3)15-10/h9-10,12-13H,4-8H2,1-3H3. The third-order valence-corrected chi connectivity index (χ3v) is 2.49. The predicted octanol–water partition coefficient (Wildman–Crippen LogP) is 0.541. The van der Waals surface area contributed by atoms with Gasteiger partial charge < -0.3 is 19.9 Å². The lowest BCUT2D eigenvalue weighted by Crippen LogP contribution is -2.52. The molecular formula is C11H23NO3. The van der Waals surface area contributed by atoms with Crippen molar-refractivity contribution in [2.45, 2.75) is 45.0 Å². The molecule has 0 saturated carbocycles. The molecule has 1 heterocycles. The van der Waals surface area contributed by atoms with Gasteiger partial charge in [-0.25, -0.2) is 0 Å². The van der Waals surface area contributed by atoms with E-state index >= 15 is 0 Å². The van der Waals surface area contributed by atoms with Crippen molar-refractivity contribution in [3.8, 4) is 0 Å². The number of aliphatic hydroxyl groups is 1. The topological polar surface area (TPSA) is 50.7 Å². The molecule has 0 radical (unpaired) electrons. The Hall–Kier alpha value is -0.160. The zero-order valence-corrected chi connectivity index (χ0v) is 9.95. The van der Waals surface area contributed by atoms with E-state index in [4.69, 9.17) is 9.47 Å². The molecule has 15 heavy (non-hydrogen) atoms. The SMILES string of the molecule is CCC(O)COCC1CNCC(C)(C)O1. The quantitative estimate of drug-likeness (QED) is 0.706. The van der Waals surface area contributed by atoms with Crippen LogP contribution in [0.2, 0.25) is 0 Å². The fourth-order valence-electron chi connectivity index (χ4n) is 1.62. The molecule has 1 aliphatic rings. The van der Waals surface area contributed by atoms with E-state index in [1.165, 1.54) is 0 Å². The maximum absolute atomic E-state index is 9.31. The van der Waals surface area contributed by atoms with Gasteiger partial charge >= 0.3 is 0 Å². The molecule has 0 aliphatic carbocycles. The maximum Gasteiger partial charge on any atom is 0.0940 e. The molecule has 1 rings (SSSR count). The Morgan fingerprint density at radius 3 is 2.93 bits per heavy atom. The first-order valence-corrected chi connectivity index (χ1v) is 5.68. The lowest BCUT2D eigenvalue weighted by molar-refractivity contribution is -0.125. The average molecular weight is 217 g/mol. The number of hydrogen-bond donors (Lipinski definition) is 2. The fraction of sp³-hybridized carbons (Fsp3) is 1.00. The molecule has 0 amide bonds. The third kappa shape index (κ3) is 4.93. The molecule has 2 N–H and O–H groups in total. The first kappa shape index (κ1) is 12.9. The fourth-order valence-corrected chi connectivity index (χ4v) is 1.62. The van der Waals surface area contributed by atoms with Crippen LogP contribution in [-0.4, -0.2) is 49.2 Å². The number of hydrogen-bond acceptors (Lipinski definition) is 4. The Balaban J connectivity index is 2.16. The lowest BCUT2D eigenvalue weighted by atomic mass is 10.1. The van der Waals surface area contributed by atoms with Crippen molar-refractivity contribution < 1.29 is 14.6 Å². The van der Waals surface area contributed by atoms with E-state index in [0.717, 1.165) is 19.5 Å². The van der Waals surface area contributed by atoms with Crippen molar-refractivity contribution in [2.75, 3.05) is 26.3 Å². The maximum atomic E-state index is 9.31. The Labute approximate surface area is 92.0 Å². The molecule has 1 fully saturated rings. The van der Waals surface area contributed by atoms with Gasteiger partial charge in [0, 0.05) is 13.1 Å². The van der Waals surface area contributed by atoms with Gasteiger partial charge in [-0.05, 0) is 20.3 Å². The normalized spacial score (nSPS) is 27.6. The molecule has 0 bridgehead atoms. The van der Waals surface area contributed by atoms with Crippen LogP contribution >= 0.6 is 0 Å². The van der Waals surface area contributed by atoms with Crippen LogP contribution in [0.25, 0.3) is 0 Å². The van der Waals surface area contributed by atoms with Crippen LogP contribution in [0.5, 0.6) is 0 Å². The van der Waals surface area contributed by atoms with Crippen molar-refractivity contribution in [3.63, 3.8) is 0 Å². The van der Waals surface area contributed by atoms with Crippen LogP contribution in [0.15, 0.2) is 0 Å². The molecule has 2 unspecified atom stereocenters. The summed E-state index contributed by atoms with van der Waals surface area (Å²) in [6.45, 7) is 8.72. The molecule has 4 nitrogen and oxygen atoms in total. The van der Waals surface area contributed by atoms with Gasteiger partial charge in [0.2, 0.25) is 0 Å². The zero-order chi connectivity index (χ0) is 11.3. The minimum Gasteiger partial charge on any atom is -0.391 e. The molecule has 0 spiro atoms. The highest BCUT2D eigenvalue weighted by Crippen LogP contribution is 2.15. The Morgan fingerprint density at radius 2 is 2.33 bits per heavy atom. The number of aliphatic hydroxyl groups excluding tert-OH is 1. The molecule has 1 aliphatic heterocycles. The summed E-state index contributed by atoms with van der Waals surface area (Å²) in [6, 6.07) is 0. The highest BCUT2D eigenvalue weighted by molar-refractivity contribution is 4.81. The summed E-state index contributed by atoms with van der Waals surface area (Å²) < 4.78 is 11.2. The Morgan fingerprint density at radius 1 is 1.60 bits per heavy atom. The Bertz CT molecular complexity index is 185. The van der Waals surface area contributed by atoms with Crippen molar-refractivity contribution >= 4 is 0 Å². The molecule has 90 valence electrons. The zero-order valence-electron chi connectivity index (χ0n) is 9.95. The van der Waals surface area contributed by atoms with Crippen LogP contribution < -0.4 is 5.32 Å². The molecule has 0 aromatic heterocycles. The smallest absolute Gasteiger partial charge is 0.0940 e. The summed E-state index contributed by atoms with van der Waals surface area (Å²) in [5.41, 5.74) is -0.115. The van der Waals surface area contributed by atoms with E-state index < -0.39 is 0 Å². The van der Waals surface area contributed by atoms with E-state index in [0.29, 0.717) is 13.2 Å². The van der Waals surface area contributed by atoms with Gasteiger partial charge in [0.25, 0.3) is 0 Å². The highest BCUT2D eigenvalue weighted by Gasteiger charge is 2.28. The molecule has 2 atom stereocenters. The molecular weight excluding hydrogens is 194 g/mol. The second-order valence-corrected chi connectivity index (χ2v) is 4.73. The monoisotopic (exact) mass is 217 g/mol. The van der Waals surface area contributed by atoms with Gasteiger partial charge in [0.05, 0.1) is 31.0 Å². The van der Waals surface area contributed by atoms with Gasteiger partial charge in [-0.1, -0.05) is 6.92 Å². The summed E-state index contributed by atoms with van der Waals surface area (Å²) in [5, 5.41) is 12.6. The van der Waals surface area contributed by atoms with Gasteiger partial charge in [0.1, 0.15) is 0 Å². The molecule has 0 aromatic carbocycles. The van der Waals surface area contributed by atoms with Gasteiger partial charge in [-0.2, -0.15) is 0 Å². The van der Waals surface area contributed by atoms with Crippen LogP contribution in [-0.2, 0) is 9.47 Å². The number of ether oxygens (including phenoxy) is 2. The lowest BCUT2D eigenvalue weighted by Gasteiger charge is -2.36. The first-order chi connectivity index (χ1) is 7.03. The average Bonchev–Trinajstić information content (AvgIpc) is 2.16. The van der Waals surface area contributed by atoms with E-state index in [2.05, 4.69) is 19.2 Å². The first-order valence-electron chi connectivity index (χ1n) is 5.68. The number of morpholine rings is 1. The van der Waals surface area contributed by atoms with Crippen LogP contribution in [0.3, 0.4) is 0 Å². The predicted molar refractivity (Wildman–Crippen MR) is 58.9 cm³/mol. The summed E-state index contributed by atoms with van der Waals surface area (Å²) in [4.78, 5) is 0. The van der Waals surface area contributed by atoms with Gasteiger partial charge in [-0.3, -0.25) is 0 Å². The van der Waals surface area contributed by atoms with Gasteiger partial charge in [0.15, 0.2) is 0 Å². The minimum atomic E-state index is -0.352. The van der Waals surface area contributed by atoms with E-state index in [1.54, 1.807) is 0 Å². The molecule has 4 heteroatoms. The van der Waals surface area contributed by atoms with Crippen LogP contribution in [0, 0.1) is 0 Å². The van der Waals surface area contributed by atoms with Crippen LogP contribution in [0.1, 0.15) is 27.2 Å². The number of nitrogens with one attached hydrogen (secondary N) is 1. The molecule has 1 saturated heterocycles. The number of rotatable bonds is 5. The summed E-state index contributed by atoms with van der Waals surface area (Å²) >= 11 is 0. The van der Waals surface area contributed by atoms with Crippen molar-refractivity contribution in [1.82, 2.24) is 5.32 Å². The van der Waals surface area contributed by atoms with E-state index in [-0.39, 0.29) is 17.8 Å². The van der Waals surface area contributed by atoms with Crippen molar-refractivity contribution in [1.29, 1.82) is 0 Å². The van der Waals surface area contributed by atoms with E-state index in [1.807, 2.05) is 6.92 Å². The third-order valence-electron chi connectivity index (χ3n) is 2.49. The summed E-state index contributed by atoms with van der Waals surface area (Å²) in [5.74, 6) is 0. The second-order valence-electron chi connectivity index (χ2n) is 4.73. The summed E-state index contributed by atoms with van der Waals surface area (Å²) in [7, 11) is 0. The van der Waals surface area contributed by atoms with E-state index in [9.17, 15) is 5.11 Å². The van der Waals surface area contributed by atoms with Crippen molar-refractivity contribution in [2.24, 2.45) is 0 Å². The van der Waals surface area contributed by atoms with Crippen LogP contribution in [0.4, 0.5) is 0 Å². The van der Waals surface area contributed by atoms with Gasteiger partial charge in [-0.15, -0.1) is 0 Å².